The van der Waals surface area contributed by atoms with Crippen molar-refractivity contribution in [3.63, 3.8) is 0 Å². The molecule has 0 aromatic carbocycles. The maximum atomic E-state index is 11.2. The third-order valence-corrected chi connectivity index (χ3v) is 15.6. The molecule has 0 aliphatic carbocycles. The Balaban J connectivity index is 5.46. The van der Waals surface area contributed by atoms with Gasteiger partial charge in [0.05, 0.1) is 6.10 Å². The lowest BCUT2D eigenvalue weighted by Gasteiger charge is -2.44. The zero-order valence-corrected chi connectivity index (χ0v) is 22.0. The van der Waals surface area contributed by atoms with Gasteiger partial charge in [0.1, 0.15) is 5.60 Å². The van der Waals surface area contributed by atoms with Crippen LogP contribution in [0.1, 0.15) is 74.1 Å². The molecule has 0 bridgehead atoms. The number of terminal acetylenes is 1. The molecule has 27 heavy (non-hydrogen) atoms. The molecule has 0 aliphatic heterocycles. The van der Waals surface area contributed by atoms with E-state index in [-0.39, 0.29) is 16.2 Å². The summed E-state index contributed by atoms with van der Waals surface area (Å²) in [6, 6.07) is 0. The van der Waals surface area contributed by atoms with Crippen LogP contribution in [0.3, 0.4) is 0 Å². The van der Waals surface area contributed by atoms with E-state index in [1.165, 1.54) is 0 Å². The van der Waals surface area contributed by atoms with Crippen molar-refractivity contribution >= 4 is 16.6 Å². The molecule has 0 aromatic rings. The van der Waals surface area contributed by atoms with Crippen LogP contribution in [0, 0.1) is 12.3 Å². The maximum Gasteiger partial charge on any atom is 0.192 e. The van der Waals surface area contributed by atoms with Crippen LogP contribution in [0.15, 0.2) is 0 Å². The lowest BCUT2D eigenvalue weighted by atomic mass is 9.90. The molecule has 0 saturated carbocycles. The van der Waals surface area contributed by atoms with Crippen molar-refractivity contribution in [1.82, 2.24) is 0 Å². The summed E-state index contributed by atoms with van der Waals surface area (Å²) in [5.41, 5.74) is -1.23. The van der Waals surface area contributed by atoms with Crippen LogP contribution in [0.5, 0.6) is 0 Å². The highest BCUT2D eigenvalue weighted by Crippen LogP contribution is 2.40. The van der Waals surface area contributed by atoms with Crippen molar-refractivity contribution in [3.8, 4) is 12.3 Å². The Labute approximate surface area is 171 Å². The fourth-order valence-electron chi connectivity index (χ4n) is 2.34. The van der Waals surface area contributed by atoms with Crippen LogP contribution in [-0.4, -0.2) is 40.1 Å². The van der Waals surface area contributed by atoms with Crippen molar-refractivity contribution in [3.05, 3.63) is 0 Å². The van der Waals surface area contributed by atoms with Gasteiger partial charge in [-0.1, -0.05) is 60.8 Å². The first kappa shape index (κ1) is 26.9. The molecule has 0 saturated heterocycles. The van der Waals surface area contributed by atoms with E-state index in [2.05, 4.69) is 80.6 Å². The van der Waals surface area contributed by atoms with Gasteiger partial charge in [0.15, 0.2) is 16.6 Å². The Morgan fingerprint density at radius 2 is 1.44 bits per heavy atom. The lowest BCUT2D eigenvalue weighted by molar-refractivity contribution is -0.0402. The summed E-state index contributed by atoms with van der Waals surface area (Å²) < 4.78 is 13.0. The molecule has 0 aliphatic rings. The molecule has 160 valence electrons. The highest BCUT2D eigenvalue weighted by Gasteiger charge is 2.45. The minimum Gasteiger partial charge on any atom is -0.417 e. The molecule has 0 rings (SSSR count). The van der Waals surface area contributed by atoms with Gasteiger partial charge < -0.3 is 14.0 Å². The van der Waals surface area contributed by atoms with Crippen LogP contribution in [-0.2, 0) is 8.85 Å². The van der Waals surface area contributed by atoms with Crippen LogP contribution in [0.2, 0.25) is 36.3 Å². The van der Waals surface area contributed by atoms with E-state index in [0.717, 1.165) is 12.8 Å². The number of aliphatic hydroxyl groups is 1. The van der Waals surface area contributed by atoms with Gasteiger partial charge >= 0.3 is 0 Å². The van der Waals surface area contributed by atoms with Crippen molar-refractivity contribution in [1.29, 1.82) is 0 Å². The predicted molar refractivity (Wildman–Crippen MR) is 123 cm³/mol. The summed E-state index contributed by atoms with van der Waals surface area (Å²) in [5, 5.41) is 11.5. The van der Waals surface area contributed by atoms with Gasteiger partial charge in [-0.05, 0) is 55.5 Å². The average Bonchev–Trinajstić information content (AvgIpc) is 2.49. The normalized spacial score (nSPS) is 17.3. The van der Waals surface area contributed by atoms with E-state index in [1.807, 2.05) is 0 Å². The second-order valence-electron chi connectivity index (χ2n) is 10.9. The van der Waals surface area contributed by atoms with Gasteiger partial charge in [-0.3, -0.25) is 0 Å². The molecule has 0 radical (unpaired) electrons. The number of unbranched alkanes of at least 4 members (excludes halogenated alkanes) is 1. The minimum atomic E-state index is -2.07. The molecule has 0 spiro atoms. The topological polar surface area (TPSA) is 38.7 Å². The molecule has 0 amide bonds. The van der Waals surface area contributed by atoms with Crippen LogP contribution in [0.25, 0.3) is 0 Å². The molecular weight excluding hydrogens is 368 g/mol. The molecule has 2 unspecified atom stereocenters. The Morgan fingerprint density at radius 1 is 0.963 bits per heavy atom. The second kappa shape index (κ2) is 9.58. The summed E-state index contributed by atoms with van der Waals surface area (Å²) in [6.07, 6.45) is 8.50. The van der Waals surface area contributed by atoms with E-state index in [1.54, 1.807) is 0 Å². The monoisotopic (exact) mass is 414 g/mol. The summed E-state index contributed by atoms with van der Waals surface area (Å²) in [4.78, 5) is 0. The van der Waals surface area contributed by atoms with Crippen molar-refractivity contribution in [2.75, 3.05) is 6.61 Å². The minimum absolute atomic E-state index is 0.0613. The van der Waals surface area contributed by atoms with Gasteiger partial charge in [-0.25, -0.2) is 0 Å². The molecule has 1 N–H and O–H groups in total. The van der Waals surface area contributed by atoms with Crippen LogP contribution < -0.4 is 0 Å². The summed E-state index contributed by atoms with van der Waals surface area (Å²) in [5.74, 6) is 2.67. The number of rotatable bonds is 10. The average molecular weight is 415 g/mol. The smallest absolute Gasteiger partial charge is 0.192 e. The van der Waals surface area contributed by atoms with Gasteiger partial charge in [0.2, 0.25) is 0 Å². The highest BCUT2D eigenvalue weighted by molar-refractivity contribution is 6.74. The van der Waals surface area contributed by atoms with E-state index in [4.69, 9.17) is 15.3 Å². The van der Waals surface area contributed by atoms with E-state index >= 15 is 0 Å². The predicted octanol–water partition coefficient (Wildman–Crippen LogP) is 6.34. The lowest BCUT2D eigenvalue weighted by Crippen LogP contribution is -2.53. The fraction of sp³-hybridized carbons (Fsp3) is 0.909. The van der Waals surface area contributed by atoms with Crippen molar-refractivity contribution < 1.29 is 14.0 Å². The van der Waals surface area contributed by atoms with Crippen LogP contribution in [0.4, 0.5) is 0 Å². The zero-order chi connectivity index (χ0) is 21.7. The standard InChI is InChI=1S/C22H46O3Si2/c1-13-15-17-22(23,14-2)19(25-27(11,12)21(6,7)8)16-18-24-26(9,10)20(3,4)5/h2,19,23H,13,15-18H2,1,3-12H3. The molecule has 0 heterocycles. The molecular formula is C22H46O3Si2. The zero-order valence-electron chi connectivity index (χ0n) is 20.0. The molecule has 5 heteroatoms. The van der Waals surface area contributed by atoms with Gasteiger partial charge in [-0.2, -0.15) is 0 Å². The van der Waals surface area contributed by atoms with E-state index in [9.17, 15) is 5.11 Å². The Morgan fingerprint density at radius 3 is 1.81 bits per heavy atom. The largest absolute Gasteiger partial charge is 0.417 e. The second-order valence-corrected chi connectivity index (χ2v) is 20.5. The first-order valence-electron chi connectivity index (χ1n) is 10.5. The molecule has 0 aromatic heterocycles. The van der Waals surface area contributed by atoms with Gasteiger partial charge in [0, 0.05) is 6.61 Å². The van der Waals surface area contributed by atoms with Crippen molar-refractivity contribution in [2.45, 2.75) is 122 Å². The van der Waals surface area contributed by atoms with E-state index < -0.39 is 22.2 Å². The Kier molecular flexibility index (Phi) is 9.54. The number of hydrogen-bond acceptors (Lipinski definition) is 3. The maximum absolute atomic E-state index is 11.2. The highest BCUT2D eigenvalue weighted by atomic mass is 28.4. The van der Waals surface area contributed by atoms with Gasteiger partial charge in [0.25, 0.3) is 0 Å². The Bertz CT molecular complexity index is 495. The summed E-state index contributed by atoms with van der Waals surface area (Å²) in [7, 11) is -3.90. The molecule has 3 nitrogen and oxygen atoms in total. The van der Waals surface area contributed by atoms with E-state index in [0.29, 0.717) is 19.4 Å². The summed E-state index contributed by atoms with van der Waals surface area (Å²) in [6.45, 7) is 25.0. The van der Waals surface area contributed by atoms with Crippen molar-refractivity contribution in [2.24, 2.45) is 0 Å². The SMILES string of the molecule is C#CC(O)(CCCC)C(CCO[Si](C)(C)C(C)(C)C)O[Si](C)(C)C(C)(C)C. The number of hydrogen-bond donors (Lipinski definition) is 1. The van der Waals surface area contributed by atoms with Gasteiger partial charge in [-0.15, -0.1) is 6.42 Å². The Hall–Kier alpha value is -0.126. The molecule has 0 fully saturated rings. The third kappa shape index (κ3) is 7.66. The third-order valence-electron chi connectivity index (χ3n) is 6.59. The summed E-state index contributed by atoms with van der Waals surface area (Å²) >= 11 is 0. The quantitative estimate of drug-likeness (QED) is 0.334. The molecule has 2 atom stereocenters. The fourth-order valence-corrected chi connectivity index (χ4v) is 4.78. The first-order chi connectivity index (χ1) is 11.9. The van der Waals surface area contributed by atoms with Crippen LogP contribution >= 0.6 is 0 Å². The first-order valence-corrected chi connectivity index (χ1v) is 16.3.